The Balaban J connectivity index is 2.87. The van der Waals surface area contributed by atoms with E-state index in [9.17, 15) is 13.2 Å². The van der Waals surface area contributed by atoms with Crippen LogP contribution in [0, 0.1) is 16.7 Å². The van der Waals surface area contributed by atoms with E-state index in [0.717, 1.165) is 6.07 Å². The van der Waals surface area contributed by atoms with Gasteiger partial charge in [0.2, 0.25) is 0 Å². The highest BCUT2D eigenvalue weighted by Gasteiger charge is 2.21. The molecule has 21 heavy (non-hydrogen) atoms. The molecule has 0 atom stereocenters. The summed E-state index contributed by atoms with van der Waals surface area (Å²) >= 11 is 5.77. The molecule has 0 bridgehead atoms. The van der Waals surface area contributed by atoms with Gasteiger partial charge in [-0.25, -0.2) is 13.2 Å². The molecule has 0 aliphatic carbocycles. The number of hydrogen-bond acceptors (Lipinski definition) is 4. The van der Waals surface area contributed by atoms with Gasteiger partial charge in [-0.1, -0.05) is 11.6 Å². The molecule has 0 saturated heterocycles. The van der Waals surface area contributed by atoms with Crippen LogP contribution in [0.4, 0.5) is 0 Å². The fourth-order valence-corrected chi connectivity index (χ4v) is 3.40. The predicted octanol–water partition coefficient (Wildman–Crippen LogP) is 3.14. The van der Waals surface area contributed by atoms with E-state index in [1.54, 1.807) is 13.8 Å². The van der Waals surface area contributed by atoms with Crippen LogP contribution in [-0.4, -0.2) is 25.2 Å². The zero-order chi connectivity index (χ0) is 16.3. The van der Waals surface area contributed by atoms with Gasteiger partial charge in [0.1, 0.15) is 0 Å². The molecule has 0 amide bonds. The van der Waals surface area contributed by atoms with E-state index in [2.05, 4.69) is 6.07 Å². The average Bonchev–Trinajstić information content (AvgIpc) is 2.37. The lowest BCUT2D eigenvalue weighted by molar-refractivity contribution is 0.0697. The van der Waals surface area contributed by atoms with E-state index in [1.807, 2.05) is 0 Å². The summed E-state index contributed by atoms with van der Waals surface area (Å²) in [5, 5.41) is 17.6. The molecule has 7 heteroatoms. The zero-order valence-electron chi connectivity index (χ0n) is 11.8. The lowest BCUT2D eigenvalue weighted by Gasteiger charge is -2.14. The van der Waals surface area contributed by atoms with Gasteiger partial charge in [0.15, 0.2) is 9.84 Å². The van der Waals surface area contributed by atoms with Gasteiger partial charge in [-0.3, -0.25) is 0 Å². The van der Waals surface area contributed by atoms with Gasteiger partial charge < -0.3 is 5.11 Å². The minimum Gasteiger partial charge on any atom is -0.478 e. The topological polar surface area (TPSA) is 95.2 Å². The zero-order valence-corrected chi connectivity index (χ0v) is 13.3. The number of sulfone groups is 1. The van der Waals surface area contributed by atoms with Crippen LogP contribution in [0.5, 0.6) is 0 Å². The summed E-state index contributed by atoms with van der Waals surface area (Å²) < 4.78 is 24.3. The summed E-state index contributed by atoms with van der Waals surface area (Å²) in [6.07, 6.45) is 0.810. The molecule has 1 N–H and O–H groups in total. The van der Waals surface area contributed by atoms with Gasteiger partial charge in [-0.2, -0.15) is 5.26 Å². The summed E-state index contributed by atoms with van der Waals surface area (Å²) in [5.74, 6) is -1.32. The van der Waals surface area contributed by atoms with Gasteiger partial charge in [0.05, 0.1) is 32.7 Å². The second-order valence-electron chi connectivity index (χ2n) is 5.36. The number of aromatic carboxylic acids is 1. The van der Waals surface area contributed by atoms with E-state index in [4.69, 9.17) is 22.0 Å². The van der Waals surface area contributed by atoms with Gasteiger partial charge >= 0.3 is 5.97 Å². The second kappa shape index (κ2) is 6.46. The van der Waals surface area contributed by atoms with Crippen molar-refractivity contribution < 1.29 is 18.3 Å². The first-order valence-electron chi connectivity index (χ1n) is 6.26. The van der Waals surface area contributed by atoms with Gasteiger partial charge in [0, 0.05) is 0 Å². The van der Waals surface area contributed by atoms with Crippen LogP contribution in [-0.2, 0) is 9.84 Å². The lowest BCUT2D eigenvalue weighted by Crippen LogP contribution is -2.13. The molecule has 114 valence electrons. The van der Waals surface area contributed by atoms with Gasteiger partial charge in [-0.15, -0.1) is 0 Å². The molecule has 0 aromatic heterocycles. The molecule has 0 radical (unpaired) electrons. The monoisotopic (exact) mass is 329 g/mol. The number of nitriles is 1. The summed E-state index contributed by atoms with van der Waals surface area (Å²) in [5.41, 5.74) is -0.707. The molecule has 1 rings (SSSR count). The minimum absolute atomic E-state index is 0.00716. The number of carboxylic acids is 1. The predicted molar refractivity (Wildman–Crippen MR) is 79.1 cm³/mol. The normalized spacial score (nSPS) is 11.9. The van der Waals surface area contributed by atoms with E-state index in [0.29, 0.717) is 12.8 Å². The molecule has 0 spiro atoms. The Morgan fingerprint density at radius 2 is 2.05 bits per heavy atom. The maximum atomic E-state index is 12.2. The maximum Gasteiger partial charge on any atom is 0.337 e. The first-order chi connectivity index (χ1) is 9.59. The quantitative estimate of drug-likeness (QED) is 0.865. The van der Waals surface area contributed by atoms with Crippen molar-refractivity contribution >= 4 is 27.4 Å². The fourth-order valence-electron chi connectivity index (χ4n) is 1.74. The summed E-state index contributed by atoms with van der Waals surface area (Å²) in [6.45, 7) is 3.50. The summed E-state index contributed by atoms with van der Waals surface area (Å²) in [7, 11) is -3.54. The summed E-state index contributed by atoms with van der Waals surface area (Å²) in [6, 6.07) is 5.68. The van der Waals surface area contributed by atoms with Crippen molar-refractivity contribution in [3.05, 3.63) is 28.8 Å². The Kier molecular flexibility index (Phi) is 5.37. The Morgan fingerprint density at radius 3 is 2.52 bits per heavy atom. The van der Waals surface area contributed by atoms with Crippen molar-refractivity contribution in [3.8, 4) is 6.07 Å². The molecule has 0 aliphatic rings. The minimum atomic E-state index is -3.54. The standard InChI is InChI=1S/C14H16ClNO4S/c1-14(2,9-16)6-3-7-21(19,20)10-4-5-11(13(17)18)12(15)8-10/h4-5,8H,3,6-7H2,1-2H3,(H,17,18). The number of hydrogen-bond donors (Lipinski definition) is 1. The molecule has 0 unspecified atom stereocenters. The Labute approximate surface area is 129 Å². The third-order valence-corrected chi connectivity index (χ3v) is 5.16. The average molecular weight is 330 g/mol. The highest BCUT2D eigenvalue weighted by Crippen LogP contribution is 2.25. The van der Waals surface area contributed by atoms with Crippen molar-refractivity contribution in [1.29, 1.82) is 5.26 Å². The Bertz CT molecular complexity index is 689. The third kappa shape index (κ3) is 4.73. The van der Waals surface area contributed by atoms with E-state index < -0.39 is 21.2 Å². The van der Waals surface area contributed by atoms with Crippen LogP contribution in [0.3, 0.4) is 0 Å². The molecule has 0 fully saturated rings. The molecular formula is C14H16ClNO4S. The van der Waals surface area contributed by atoms with Crippen LogP contribution in [0.2, 0.25) is 5.02 Å². The molecule has 0 heterocycles. The van der Waals surface area contributed by atoms with Crippen LogP contribution < -0.4 is 0 Å². The number of nitrogens with zero attached hydrogens (tertiary/aromatic N) is 1. The number of halogens is 1. The molecule has 0 aliphatic heterocycles. The first-order valence-corrected chi connectivity index (χ1v) is 8.29. The van der Waals surface area contributed by atoms with Crippen LogP contribution in [0.25, 0.3) is 0 Å². The van der Waals surface area contributed by atoms with E-state index in [-0.39, 0.29) is 21.2 Å². The van der Waals surface area contributed by atoms with E-state index in [1.165, 1.54) is 12.1 Å². The van der Waals surface area contributed by atoms with E-state index >= 15 is 0 Å². The van der Waals surface area contributed by atoms with Crippen LogP contribution in [0.15, 0.2) is 23.1 Å². The molecular weight excluding hydrogens is 314 g/mol. The van der Waals surface area contributed by atoms with Crippen molar-refractivity contribution in [2.75, 3.05) is 5.75 Å². The summed E-state index contributed by atoms with van der Waals surface area (Å²) in [4.78, 5) is 10.8. The van der Waals surface area contributed by atoms with Crippen molar-refractivity contribution in [2.45, 2.75) is 31.6 Å². The van der Waals surface area contributed by atoms with Crippen molar-refractivity contribution in [1.82, 2.24) is 0 Å². The Morgan fingerprint density at radius 1 is 1.43 bits per heavy atom. The van der Waals surface area contributed by atoms with Crippen LogP contribution >= 0.6 is 11.6 Å². The smallest absolute Gasteiger partial charge is 0.337 e. The number of carboxylic acid groups (broad SMARTS) is 1. The largest absolute Gasteiger partial charge is 0.478 e. The third-order valence-electron chi connectivity index (χ3n) is 3.05. The highest BCUT2D eigenvalue weighted by atomic mass is 35.5. The van der Waals surface area contributed by atoms with Gasteiger partial charge in [-0.05, 0) is 44.9 Å². The fraction of sp³-hybridized carbons (Fsp3) is 0.429. The Hall–Kier alpha value is -1.58. The van der Waals surface area contributed by atoms with Gasteiger partial charge in [0.25, 0.3) is 0 Å². The molecule has 1 aromatic rings. The van der Waals surface area contributed by atoms with Crippen molar-refractivity contribution in [2.24, 2.45) is 5.41 Å². The molecule has 5 nitrogen and oxygen atoms in total. The SMILES string of the molecule is CC(C)(C#N)CCCS(=O)(=O)c1ccc(C(=O)O)c(Cl)c1. The number of benzene rings is 1. The van der Waals surface area contributed by atoms with Crippen LogP contribution in [0.1, 0.15) is 37.0 Å². The maximum absolute atomic E-state index is 12.2. The molecule has 1 aromatic carbocycles. The lowest BCUT2D eigenvalue weighted by atomic mass is 9.90. The second-order valence-corrected chi connectivity index (χ2v) is 7.88. The van der Waals surface area contributed by atoms with Crippen molar-refractivity contribution in [3.63, 3.8) is 0 Å². The number of carbonyl (C=O) groups is 1. The first kappa shape index (κ1) is 17.5. The molecule has 0 saturated carbocycles. The number of rotatable bonds is 6. The highest BCUT2D eigenvalue weighted by molar-refractivity contribution is 7.91.